The van der Waals surface area contributed by atoms with E-state index in [1.165, 1.54) is 29.2 Å². The van der Waals surface area contributed by atoms with Gasteiger partial charge in [-0.15, -0.1) is 23.1 Å². The van der Waals surface area contributed by atoms with Gasteiger partial charge in [-0.3, -0.25) is 9.59 Å². The van der Waals surface area contributed by atoms with Crippen LogP contribution in [0.1, 0.15) is 10.4 Å². The Kier molecular flexibility index (Phi) is 8.13. The molecule has 0 aliphatic heterocycles. The van der Waals surface area contributed by atoms with Crippen LogP contribution in [0.15, 0.2) is 77.0 Å². The molecule has 2 amide bonds. The first-order valence-corrected chi connectivity index (χ1v) is 12.9. The normalized spacial score (nSPS) is 10.7. The topological polar surface area (TPSA) is 71.1 Å². The van der Waals surface area contributed by atoms with E-state index in [9.17, 15) is 9.59 Å². The Morgan fingerprint density at radius 3 is 2.53 bits per heavy atom. The predicted octanol–water partition coefficient (Wildman–Crippen LogP) is 7.75. The fraction of sp³-hybridized carbons (Fsp3) is 0.0417. The largest absolute Gasteiger partial charge is 0.322 e. The summed E-state index contributed by atoms with van der Waals surface area (Å²) in [6, 6.07) is 19.3. The van der Waals surface area contributed by atoms with Crippen LogP contribution in [0.5, 0.6) is 0 Å². The van der Waals surface area contributed by atoms with Crippen LogP contribution in [-0.4, -0.2) is 22.6 Å². The number of hydrogen-bond donors (Lipinski definition) is 2. The van der Waals surface area contributed by atoms with Crippen molar-refractivity contribution < 1.29 is 9.59 Å². The average molecular weight is 549 g/mol. The van der Waals surface area contributed by atoms with E-state index in [0.29, 0.717) is 32.1 Å². The van der Waals surface area contributed by atoms with E-state index in [-0.39, 0.29) is 22.6 Å². The first-order chi connectivity index (χ1) is 16.4. The standard InChI is InChI=1S/C24H16Cl3N3O2S2/c25-14-8-9-18(20(27)10-14)23(32)28-15-4-3-5-16(11-15)33-13-22(31)30-24-29-21(12-34-24)17-6-1-2-7-19(17)26/h1-12H,13H2,(H,28,32)(H,29,30,31). The van der Waals surface area contributed by atoms with Crippen molar-refractivity contribution in [2.75, 3.05) is 16.4 Å². The van der Waals surface area contributed by atoms with Gasteiger partial charge in [0.15, 0.2) is 5.13 Å². The van der Waals surface area contributed by atoms with E-state index in [2.05, 4.69) is 15.6 Å². The Bertz CT molecular complexity index is 1360. The molecule has 0 aliphatic rings. The SMILES string of the molecule is O=C(CSc1cccc(NC(=O)c2ccc(Cl)cc2Cl)c1)Nc1nc(-c2ccccc2Cl)cs1. The number of rotatable bonds is 7. The maximum absolute atomic E-state index is 12.5. The maximum Gasteiger partial charge on any atom is 0.257 e. The minimum absolute atomic E-state index is 0.182. The molecule has 3 aromatic carbocycles. The molecule has 0 bridgehead atoms. The molecule has 0 saturated carbocycles. The Balaban J connectivity index is 1.33. The van der Waals surface area contributed by atoms with Crippen molar-refractivity contribution >= 4 is 80.5 Å². The second kappa shape index (κ2) is 11.3. The maximum atomic E-state index is 12.5. The highest BCUT2D eigenvalue weighted by Crippen LogP contribution is 2.30. The molecule has 4 rings (SSSR count). The van der Waals surface area contributed by atoms with E-state index in [1.807, 2.05) is 29.6 Å². The second-order valence-corrected chi connectivity index (χ2v) is 10.1. The van der Waals surface area contributed by atoms with Crippen molar-refractivity contribution in [2.45, 2.75) is 4.90 Å². The Labute approximate surface area is 219 Å². The zero-order valence-electron chi connectivity index (χ0n) is 17.3. The number of thiazole rings is 1. The molecule has 0 saturated heterocycles. The molecule has 10 heteroatoms. The highest BCUT2D eigenvalue weighted by atomic mass is 35.5. The number of benzene rings is 3. The first-order valence-electron chi connectivity index (χ1n) is 9.88. The van der Waals surface area contributed by atoms with Crippen LogP contribution in [0.3, 0.4) is 0 Å². The lowest BCUT2D eigenvalue weighted by Crippen LogP contribution is -2.14. The average Bonchev–Trinajstić information content (AvgIpc) is 3.26. The molecule has 0 unspecified atom stereocenters. The van der Waals surface area contributed by atoms with Gasteiger partial charge in [-0.25, -0.2) is 4.98 Å². The van der Waals surface area contributed by atoms with E-state index in [1.54, 1.807) is 36.4 Å². The fourth-order valence-electron chi connectivity index (χ4n) is 2.96. The molecular weight excluding hydrogens is 533 g/mol. The summed E-state index contributed by atoms with van der Waals surface area (Å²) in [4.78, 5) is 30.2. The van der Waals surface area contributed by atoms with E-state index in [0.717, 1.165) is 10.5 Å². The van der Waals surface area contributed by atoms with Gasteiger partial charge in [0, 0.05) is 31.6 Å². The number of carbonyl (C=O) groups is 2. The molecule has 0 fully saturated rings. The number of thioether (sulfide) groups is 1. The van der Waals surface area contributed by atoms with Gasteiger partial charge >= 0.3 is 0 Å². The molecule has 0 radical (unpaired) electrons. The van der Waals surface area contributed by atoms with Crippen LogP contribution in [-0.2, 0) is 4.79 Å². The van der Waals surface area contributed by atoms with E-state index < -0.39 is 0 Å². The molecule has 4 aromatic rings. The third-order valence-electron chi connectivity index (χ3n) is 4.54. The number of halogens is 3. The van der Waals surface area contributed by atoms with Gasteiger partial charge in [-0.2, -0.15) is 0 Å². The predicted molar refractivity (Wildman–Crippen MR) is 143 cm³/mol. The molecule has 2 N–H and O–H groups in total. The first kappa shape index (κ1) is 24.6. The number of anilines is 2. The number of aromatic nitrogens is 1. The minimum Gasteiger partial charge on any atom is -0.322 e. The van der Waals surface area contributed by atoms with Gasteiger partial charge in [-0.1, -0.05) is 59.1 Å². The molecule has 172 valence electrons. The van der Waals surface area contributed by atoms with Crippen molar-refractivity contribution in [3.8, 4) is 11.3 Å². The number of nitrogens with zero attached hydrogens (tertiary/aromatic N) is 1. The minimum atomic E-state index is -0.348. The van der Waals surface area contributed by atoms with Gasteiger partial charge in [0.1, 0.15) is 0 Å². The van der Waals surface area contributed by atoms with Crippen molar-refractivity contribution in [1.82, 2.24) is 4.98 Å². The molecule has 34 heavy (non-hydrogen) atoms. The number of amides is 2. The molecule has 0 aliphatic carbocycles. The van der Waals surface area contributed by atoms with Crippen LogP contribution in [0.4, 0.5) is 10.8 Å². The smallest absolute Gasteiger partial charge is 0.257 e. The lowest BCUT2D eigenvalue weighted by atomic mass is 10.2. The summed E-state index contributed by atoms with van der Waals surface area (Å²) in [5.41, 5.74) is 2.44. The van der Waals surface area contributed by atoms with Crippen molar-refractivity contribution in [1.29, 1.82) is 0 Å². The molecular formula is C24H16Cl3N3O2S2. The molecule has 0 spiro atoms. The highest BCUT2D eigenvalue weighted by molar-refractivity contribution is 8.00. The quantitative estimate of drug-likeness (QED) is 0.232. The van der Waals surface area contributed by atoms with Crippen molar-refractivity contribution in [2.24, 2.45) is 0 Å². The van der Waals surface area contributed by atoms with Crippen molar-refractivity contribution in [3.63, 3.8) is 0 Å². The lowest BCUT2D eigenvalue weighted by Gasteiger charge is -2.09. The zero-order valence-corrected chi connectivity index (χ0v) is 21.3. The van der Waals surface area contributed by atoms with Crippen LogP contribution in [0, 0.1) is 0 Å². The van der Waals surface area contributed by atoms with E-state index in [4.69, 9.17) is 34.8 Å². The lowest BCUT2D eigenvalue weighted by molar-refractivity contribution is -0.113. The number of nitrogens with one attached hydrogen (secondary N) is 2. The summed E-state index contributed by atoms with van der Waals surface area (Å²) >= 11 is 20.9. The Hall–Kier alpha value is -2.55. The number of carbonyl (C=O) groups excluding carboxylic acids is 2. The molecule has 0 atom stereocenters. The van der Waals surface area contributed by atoms with Crippen LogP contribution >= 0.6 is 57.9 Å². The third kappa shape index (κ3) is 6.31. The van der Waals surface area contributed by atoms with Crippen LogP contribution in [0.25, 0.3) is 11.3 Å². The summed E-state index contributed by atoms with van der Waals surface area (Å²) in [5, 5.41) is 9.30. The summed E-state index contributed by atoms with van der Waals surface area (Å²) < 4.78 is 0. The van der Waals surface area contributed by atoms with Crippen molar-refractivity contribution in [3.05, 3.63) is 92.7 Å². The Morgan fingerprint density at radius 2 is 1.74 bits per heavy atom. The van der Waals surface area contributed by atoms with E-state index >= 15 is 0 Å². The summed E-state index contributed by atoms with van der Waals surface area (Å²) in [7, 11) is 0. The third-order valence-corrected chi connectivity index (χ3v) is 7.17. The number of hydrogen-bond acceptors (Lipinski definition) is 5. The van der Waals surface area contributed by atoms with Gasteiger partial charge < -0.3 is 10.6 Å². The molecule has 1 aromatic heterocycles. The Morgan fingerprint density at radius 1 is 0.912 bits per heavy atom. The van der Waals surface area contributed by atoms with Crippen LogP contribution in [0.2, 0.25) is 15.1 Å². The zero-order chi connectivity index (χ0) is 24.1. The summed E-state index contributed by atoms with van der Waals surface area (Å²) in [6.07, 6.45) is 0. The highest BCUT2D eigenvalue weighted by Gasteiger charge is 2.13. The van der Waals surface area contributed by atoms with Gasteiger partial charge in [0.05, 0.1) is 22.0 Å². The molecule has 5 nitrogen and oxygen atoms in total. The van der Waals surface area contributed by atoms with Gasteiger partial charge in [0.25, 0.3) is 5.91 Å². The van der Waals surface area contributed by atoms with Gasteiger partial charge in [-0.05, 0) is 42.5 Å². The summed E-state index contributed by atoms with van der Waals surface area (Å²) in [5.74, 6) is -0.353. The molecule has 1 heterocycles. The van der Waals surface area contributed by atoms with Crippen LogP contribution < -0.4 is 10.6 Å². The fourth-order valence-corrected chi connectivity index (χ4v) is 5.17. The monoisotopic (exact) mass is 547 g/mol. The second-order valence-electron chi connectivity index (χ2n) is 6.96. The summed E-state index contributed by atoms with van der Waals surface area (Å²) in [6.45, 7) is 0. The van der Waals surface area contributed by atoms with Gasteiger partial charge in [0.2, 0.25) is 5.91 Å².